The van der Waals surface area contributed by atoms with Gasteiger partial charge in [0.1, 0.15) is 0 Å². The van der Waals surface area contributed by atoms with Gasteiger partial charge in [0.15, 0.2) is 16.7 Å². The van der Waals surface area contributed by atoms with Gasteiger partial charge in [0, 0.05) is 0 Å². The summed E-state index contributed by atoms with van der Waals surface area (Å²) in [4.78, 5) is 11.0. The standard InChI is InChI=1S/C11H8BrN3O3S/c12-7-1-6(2-8-10(7)18-5-17-8)3-13-15-11-14-9(16)4-19-11/h1-3H,4-5H2,(H,14,15,16). The molecule has 8 heteroatoms. The number of carbonyl (C=O) groups excluding carboxylic acids is 1. The Morgan fingerprint density at radius 3 is 3.11 bits per heavy atom. The van der Waals surface area contributed by atoms with Gasteiger partial charge in [0.25, 0.3) is 0 Å². The van der Waals surface area contributed by atoms with E-state index in [-0.39, 0.29) is 12.7 Å². The van der Waals surface area contributed by atoms with Crippen LogP contribution in [0.3, 0.4) is 0 Å². The van der Waals surface area contributed by atoms with Crippen molar-refractivity contribution in [3.8, 4) is 11.5 Å². The van der Waals surface area contributed by atoms with Gasteiger partial charge in [-0.05, 0) is 33.6 Å². The molecule has 1 N–H and O–H groups in total. The number of hydrogen-bond acceptors (Lipinski definition) is 6. The average Bonchev–Trinajstić information content (AvgIpc) is 2.98. The molecule has 3 rings (SSSR count). The number of rotatable bonds is 2. The number of amides is 1. The third-order valence-corrected chi connectivity index (χ3v) is 3.84. The maximum atomic E-state index is 11.0. The van der Waals surface area contributed by atoms with Crippen LogP contribution in [0.5, 0.6) is 11.5 Å². The molecule has 98 valence electrons. The SMILES string of the molecule is O=C1CSC(=NN=Cc2cc(Br)c3c(c2)OCO3)N1. The van der Waals surface area contributed by atoms with Crippen molar-refractivity contribution in [2.75, 3.05) is 12.5 Å². The largest absolute Gasteiger partial charge is 0.454 e. The molecule has 19 heavy (non-hydrogen) atoms. The topological polar surface area (TPSA) is 72.3 Å². The molecule has 0 saturated carbocycles. The Balaban J connectivity index is 1.77. The van der Waals surface area contributed by atoms with Crippen LogP contribution in [-0.2, 0) is 4.79 Å². The molecular formula is C11H8BrN3O3S. The van der Waals surface area contributed by atoms with Gasteiger partial charge in [-0.25, -0.2) is 0 Å². The summed E-state index contributed by atoms with van der Waals surface area (Å²) in [7, 11) is 0. The Morgan fingerprint density at radius 1 is 1.42 bits per heavy atom. The highest BCUT2D eigenvalue weighted by molar-refractivity contribution is 9.10. The molecule has 1 aromatic rings. The monoisotopic (exact) mass is 341 g/mol. The predicted octanol–water partition coefficient (Wildman–Crippen LogP) is 1.73. The molecule has 0 spiro atoms. The van der Waals surface area contributed by atoms with Crippen LogP contribution >= 0.6 is 27.7 Å². The summed E-state index contributed by atoms with van der Waals surface area (Å²) in [6.07, 6.45) is 1.59. The summed E-state index contributed by atoms with van der Waals surface area (Å²) in [5.74, 6) is 1.71. The number of carbonyl (C=O) groups is 1. The lowest BCUT2D eigenvalue weighted by atomic mass is 10.2. The Hall–Kier alpha value is -1.54. The van der Waals surface area contributed by atoms with Gasteiger partial charge in [-0.2, -0.15) is 5.10 Å². The zero-order valence-corrected chi connectivity index (χ0v) is 12.0. The quantitative estimate of drug-likeness (QED) is 0.656. The Morgan fingerprint density at radius 2 is 2.32 bits per heavy atom. The highest BCUT2D eigenvalue weighted by atomic mass is 79.9. The fourth-order valence-corrected chi connectivity index (χ4v) is 2.79. The van der Waals surface area contributed by atoms with Gasteiger partial charge in [-0.3, -0.25) is 4.79 Å². The van der Waals surface area contributed by atoms with Crippen LogP contribution in [0.25, 0.3) is 0 Å². The normalized spacial score (nSPS) is 19.4. The Kier molecular flexibility index (Phi) is 3.43. The summed E-state index contributed by atoms with van der Waals surface area (Å²) in [5, 5.41) is 11.0. The second-order valence-electron chi connectivity index (χ2n) is 3.72. The first kappa shape index (κ1) is 12.5. The molecule has 0 unspecified atom stereocenters. The number of nitrogens with one attached hydrogen (secondary N) is 1. The number of benzene rings is 1. The van der Waals surface area contributed by atoms with Crippen molar-refractivity contribution in [2.24, 2.45) is 10.2 Å². The minimum atomic E-state index is -0.0511. The maximum Gasteiger partial charge on any atom is 0.236 e. The molecule has 0 atom stereocenters. The van der Waals surface area contributed by atoms with Crippen molar-refractivity contribution in [3.05, 3.63) is 22.2 Å². The van der Waals surface area contributed by atoms with E-state index in [0.29, 0.717) is 22.4 Å². The third kappa shape index (κ3) is 2.74. The fraction of sp³-hybridized carbons (Fsp3) is 0.182. The first-order valence-electron chi connectivity index (χ1n) is 5.35. The van der Waals surface area contributed by atoms with Crippen LogP contribution in [0, 0.1) is 0 Å². The lowest BCUT2D eigenvalue weighted by Crippen LogP contribution is -2.19. The molecule has 0 radical (unpaired) electrons. The summed E-state index contributed by atoms with van der Waals surface area (Å²) < 4.78 is 11.4. The first-order chi connectivity index (χ1) is 9.22. The van der Waals surface area contributed by atoms with E-state index in [1.165, 1.54) is 11.8 Å². The molecular weight excluding hydrogens is 334 g/mol. The molecule has 6 nitrogen and oxygen atoms in total. The van der Waals surface area contributed by atoms with Crippen molar-refractivity contribution in [2.45, 2.75) is 0 Å². The molecule has 1 saturated heterocycles. The van der Waals surface area contributed by atoms with Gasteiger partial charge >= 0.3 is 0 Å². The lowest BCUT2D eigenvalue weighted by molar-refractivity contribution is -0.116. The maximum absolute atomic E-state index is 11.0. The van der Waals surface area contributed by atoms with Crippen molar-refractivity contribution in [1.29, 1.82) is 0 Å². The van der Waals surface area contributed by atoms with E-state index in [1.807, 2.05) is 12.1 Å². The second-order valence-corrected chi connectivity index (χ2v) is 5.54. The first-order valence-corrected chi connectivity index (χ1v) is 7.13. The van der Waals surface area contributed by atoms with Crippen molar-refractivity contribution >= 4 is 45.0 Å². The zero-order valence-electron chi connectivity index (χ0n) is 9.55. The van der Waals surface area contributed by atoms with Gasteiger partial charge < -0.3 is 14.8 Å². The van der Waals surface area contributed by atoms with Gasteiger partial charge in [-0.15, -0.1) is 5.10 Å². The number of hydrogen-bond donors (Lipinski definition) is 1. The number of nitrogens with zero attached hydrogens (tertiary/aromatic N) is 2. The third-order valence-electron chi connectivity index (χ3n) is 2.39. The highest BCUT2D eigenvalue weighted by Crippen LogP contribution is 2.39. The molecule has 0 aliphatic carbocycles. The zero-order chi connectivity index (χ0) is 13.2. The van der Waals surface area contributed by atoms with Crippen LogP contribution < -0.4 is 14.8 Å². The minimum absolute atomic E-state index is 0.0511. The average molecular weight is 342 g/mol. The van der Waals surface area contributed by atoms with Gasteiger partial charge in [0.05, 0.1) is 16.4 Å². The second kappa shape index (κ2) is 5.22. The van der Waals surface area contributed by atoms with E-state index >= 15 is 0 Å². The molecule has 2 aliphatic rings. The van der Waals surface area contributed by atoms with Gasteiger partial charge in [-0.1, -0.05) is 11.8 Å². The van der Waals surface area contributed by atoms with E-state index in [0.717, 1.165) is 10.0 Å². The van der Waals surface area contributed by atoms with E-state index in [9.17, 15) is 4.79 Å². The minimum Gasteiger partial charge on any atom is -0.454 e. The summed E-state index contributed by atoms with van der Waals surface area (Å²) in [5.41, 5.74) is 0.829. The number of fused-ring (bicyclic) bond motifs is 1. The van der Waals surface area contributed by atoms with E-state index < -0.39 is 0 Å². The van der Waals surface area contributed by atoms with Crippen LogP contribution in [0.2, 0.25) is 0 Å². The van der Waals surface area contributed by atoms with Crippen LogP contribution in [0.15, 0.2) is 26.8 Å². The van der Waals surface area contributed by atoms with Crippen molar-refractivity contribution < 1.29 is 14.3 Å². The Bertz CT molecular complexity index is 603. The van der Waals surface area contributed by atoms with Crippen LogP contribution in [-0.4, -0.2) is 29.8 Å². The van der Waals surface area contributed by atoms with Crippen molar-refractivity contribution in [3.63, 3.8) is 0 Å². The number of amidine groups is 1. The van der Waals surface area contributed by atoms with E-state index in [2.05, 4.69) is 31.4 Å². The molecule has 1 amide bonds. The predicted molar refractivity (Wildman–Crippen MR) is 75.9 cm³/mol. The van der Waals surface area contributed by atoms with E-state index in [1.54, 1.807) is 6.21 Å². The summed E-state index contributed by atoms with van der Waals surface area (Å²) >= 11 is 4.73. The number of ether oxygens (including phenoxy) is 2. The fourth-order valence-electron chi connectivity index (χ4n) is 1.59. The lowest BCUT2D eigenvalue weighted by Gasteiger charge is -2.00. The molecule has 1 aromatic carbocycles. The molecule has 0 aromatic heterocycles. The van der Waals surface area contributed by atoms with Crippen LogP contribution in [0.4, 0.5) is 0 Å². The van der Waals surface area contributed by atoms with Gasteiger partial charge in [0.2, 0.25) is 12.7 Å². The molecule has 2 aliphatic heterocycles. The van der Waals surface area contributed by atoms with Crippen molar-refractivity contribution in [1.82, 2.24) is 5.32 Å². The Labute approximate surface area is 121 Å². The van der Waals surface area contributed by atoms with Crippen LogP contribution in [0.1, 0.15) is 5.56 Å². The molecule has 1 fully saturated rings. The molecule has 2 heterocycles. The van der Waals surface area contributed by atoms with E-state index in [4.69, 9.17) is 9.47 Å². The number of halogens is 1. The molecule has 0 bridgehead atoms. The summed E-state index contributed by atoms with van der Waals surface area (Å²) in [6, 6.07) is 3.68. The highest BCUT2D eigenvalue weighted by Gasteiger charge is 2.18. The number of thioether (sulfide) groups is 1. The smallest absolute Gasteiger partial charge is 0.236 e. The summed E-state index contributed by atoms with van der Waals surface area (Å²) in [6.45, 7) is 0.222.